The van der Waals surface area contributed by atoms with E-state index in [0.717, 1.165) is 11.3 Å². The molecule has 0 radical (unpaired) electrons. The molecule has 5 heteroatoms. The molecule has 0 aliphatic rings. The van der Waals surface area contributed by atoms with Crippen LogP contribution in [-0.2, 0) is 0 Å². The third-order valence-electron chi connectivity index (χ3n) is 2.10. The van der Waals surface area contributed by atoms with Crippen LogP contribution in [-0.4, -0.2) is 17.3 Å². The number of nitrogens with one attached hydrogen (secondary N) is 1. The molecule has 0 saturated carbocycles. The van der Waals surface area contributed by atoms with Crippen molar-refractivity contribution in [3.63, 3.8) is 0 Å². The Bertz CT molecular complexity index is 481. The highest BCUT2D eigenvalue weighted by molar-refractivity contribution is 6.30. The summed E-state index contributed by atoms with van der Waals surface area (Å²) >= 11 is 5.86. The lowest BCUT2D eigenvalue weighted by Crippen LogP contribution is -1.91. The Hall–Kier alpha value is -1.68. The lowest BCUT2D eigenvalue weighted by Gasteiger charge is -2.07. The molecular weight excluding hydrogens is 214 g/mol. The minimum atomic E-state index is 0.579. The molecule has 0 saturated heterocycles. The summed E-state index contributed by atoms with van der Waals surface area (Å²) in [6.45, 7) is 0. The molecule has 0 aliphatic heterocycles. The number of nitrogens with two attached hydrogens (primary N) is 1. The lowest BCUT2D eigenvalue weighted by molar-refractivity contribution is 0.416. The average Bonchev–Trinajstić information content (AvgIpc) is 2.64. The number of aromatic amines is 1. The summed E-state index contributed by atoms with van der Waals surface area (Å²) < 4.78 is 5.22. The quantitative estimate of drug-likeness (QED) is 0.821. The van der Waals surface area contributed by atoms with Gasteiger partial charge in [0.1, 0.15) is 5.75 Å². The highest BCUT2D eigenvalue weighted by Gasteiger charge is 2.10. The third-order valence-corrected chi connectivity index (χ3v) is 2.34. The molecule has 2 aromatic rings. The van der Waals surface area contributed by atoms with E-state index in [2.05, 4.69) is 10.2 Å². The fourth-order valence-corrected chi connectivity index (χ4v) is 1.54. The summed E-state index contributed by atoms with van der Waals surface area (Å²) in [5.41, 5.74) is 7.91. The first-order chi connectivity index (χ1) is 7.22. The number of aromatic nitrogens is 2. The van der Waals surface area contributed by atoms with E-state index >= 15 is 0 Å². The van der Waals surface area contributed by atoms with Gasteiger partial charge < -0.3 is 10.5 Å². The zero-order chi connectivity index (χ0) is 10.8. The molecular formula is C10H10ClN3O. The summed E-state index contributed by atoms with van der Waals surface area (Å²) in [5, 5.41) is 7.29. The van der Waals surface area contributed by atoms with E-state index in [9.17, 15) is 0 Å². The number of H-pyrrole nitrogens is 1. The first-order valence-corrected chi connectivity index (χ1v) is 4.73. The van der Waals surface area contributed by atoms with Crippen molar-refractivity contribution in [1.82, 2.24) is 10.2 Å². The number of halogens is 1. The van der Waals surface area contributed by atoms with E-state index < -0.39 is 0 Å². The summed E-state index contributed by atoms with van der Waals surface area (Å²) in [6.07, 6.45) is 1.56. The van der Waals surface area contributed by atoms with Crippen LogP contribution in [0, 0.1) is 0 Å². The van der Waals surface area contributed by atoms with Gasteiger partial charge in [-0.1, -0.05) is 11.6 Å². The van der Waals surface area contributed by atoms with Crippen LogP contribution in [0.4, 0.5) is 5.69 Å². The van der Waals surface area contributed by atoms with Crippen molar-refractivity contribution in [1.29, 1.82) is 0 Å². The smallest absolute Gasteiger partial charge is 0.129 e. The van der Waals surface area contributed by atoms with E-state index in [1.807, 2.05) is 6.07 Å². The molecule has 1 aromatic carbocycles. The van der Waals surface area contributed by atoms with Crippen molar-refractivity contribution in [2.75, 3.05) is 12.8 Å². The molecule has 2 rings (SSSR count). The average molecular weight is 224 g/mol. The number of benzene rings is 1. The Kier molecular flexibility index (Phi) is 2.51. The van der Waals surface area contributed by atoms with Gasteiger partial charge in [0.2, 0.25) is 0 Å². The van der Waals surface area contributed by atoms with Crippen LogP contribution in [0.3, 0.4) is 0 Å². The van der Waals surface area contributed by atoms with E-state index in [1.54, 1.807) is 25.4 Å². The van der Waals surface area contributed by atoms with Gasteiger partial charge in [-0.3, -0.25) is 5.10 Å². The van der Waals surface area contributed by atoms with Crippen molar-refractivity contribution in [3.8, 4) is 17.0 Å². The van der Waals surface area contributed by atoms with Crippen molar-refractivity contribution in [2.24, 2.45) is 0 Å². The molecule has 0 aliphatic carbocycles. The number of nitrogens with zero attached hydrogens (tertiary/aromatic N) is 1. The molecule has 15 heavy (non-hydrogen) atoms. The number of rotatable bonds is 2. The summed E-state index contributed by atoms with van der Waals surface area (Å²) in [6, 6.07) is 5.35. The molecule has 1 aromatic heterocycles. The van der Waals surface area contributed by atoms with Crippen LogP contribution in [0.15, 0.2) is 24.4 Å². The topological polar surface area (TPSA) is 63.9 Å². The van der Waals surface area contributed by atoms with Gasteiger partial charge in [-0.05, 0) is 18.2 Å². The third kappa shape index (κ3) is 1.76. The van der Waals surface area contributed by atoms with Crippen molar-refractivity contribution in [2.45, 2.75) is 0 Å². The maximum atomic E-state index is 5.86. The summed E-state index contributed by atoms with van der Waals surface area (Å²) in [7, 11) is 1.59. The van der Waals surface area contributed by atoms with Crippen molar-refractivity contribution < 1.29 is 4.74 Å². The van der Waals surface area contributed by atoms with E-state index in [4.69, 9.17) is 22.1 Å². The first kappa shape index (κ1) is 9.86. The number of methoxy groups -OCH3 is 1. The van der Waals surface area contributed by atoms with Gasteiger partial charge in [-0.2, -0.15) is 5.10 Å². The van der Waals surface area contributed by atoms with Crippen LogP contribution >= 0.6 is 11.6 Å². The molecule has 78 valence electrons. The minimum Gasteiger partial charge on any atom is -0.496 e. The van der Waals surface area contributed by atoms with Gasteiger partial charge in [-0.15, -0.1) is 0 Å². The highest BCUT2D eigenvalue weighted by atomic mass is 35.5. The molecule has 4 nitrogen and oxygen atoms in total. The van der Waals surface area contributed by atoms with Gasteiger partial charge in [0.25, 0.3) is 0 Å². The Balaban J connectivity index is 2.58. The molecule has 0 atom stereocenters. The molecule has 0 spiro atoms. The van der Waals surface area contributed by atoms with E-state index in [-0.39, 0.29) is 0 Å². The van der Waals surface area contributed by atoms with Crippen LogP contribution in [0.2, 0.25) is 5.02 Å². The minimum absolute atomic E-state index is 0.579. The lowest BCUT2D eigenvalue weighted by atomic mass is 10.1. The largest absolute Gasteiger partial charge is 0.496 e. The molecule has 0 bridgehead atoms. The number of hydrogen-bond acceptors (Lipinski definition) is 3. The first-order valence-electron chi connectivity index (χ1n) is 4.35. The fourth-order valence-electron chi connectivity index (χ4n) is 1.38. The predicted molar refractivity (Wildman–Crippen MR) is 60.0 cm³/mol. The zero-order valence-corrected chi connectivity index (χ0v) is 8.88. The van der Waals surface area contributed by atoms with E-state index in [1.165, 1.54) is 0 Å². The Morgan fingerprint density at radius 2 is 2.27 bits per heavy atom. The monoisotopic (exact) mass is 223 g/mol. The van der Waals surface area contributed by atoms with Gasteiger partial charge >= 0.3 is 0 Å². The molecule has 0 fully saturated rings. The van der Waals surface area contributed by atoms with Crippen LogP contribution in [0.1, 0.15) is 0 Å². The highest BCUT2D eigenvalue weighted by Crippen LogP contribution is 2.33. The Labute approximate surface area is 92.0 Å². The van der Waals surface area contributed by atoms with Gasteiger partial charge in [0.15, 0.2) is 0 Å². The van der Waals surface area contributed by atoms with Crippen molar-refractivity contribution in [3.05, 3.63) is 29.4 Å². The van der Waals surface area contributed by atoms with Crippen LogP contribution < -0.4 is 10.5 Å². The molecule has 3 N–H and O–H groups in total. The van der Waals surface area contributed by atoms with Gasteiger partial charge in [-0.25, -0.2) is 0 Å². The number of nitrogen functional groups attached to an aromatic ring is 1. The molecule has 0 amide bonds. The maximum Gasteiger partial charge on any atom is 0.129 e. The molecule has 1 heterocycles. The standard InChI is InChI=1S/C10H10ClN3O/c1-15-9-4-6(11)2-3-7(9)10-8(12)5-13-14-10/h2-5H,12H2,1H3,(H,13,14). The Morgan fingerprint density at radius 1 is 1.47 bits per heavy atom. The summed E-state index contributed by atoms with van der Waals surface area (Å²) in [4.78, 5) is 0. The molecule has 0 unspecified atom stereocenters. The van der Waals surface area contributed by atoms with Crippen LogP contribution in [0.5, 0.6) is 5.75 Å². The normalized spacial score (nSPS) is 10.3. The number of ether oxygens (including phenoxy) is 1. The second-order valence-corrected chi connectivity index (χ2v) is 3.48. The predicted octanol–water partition coefficient (Wildman–Crippen LogP) is 2.32. The zero-order valence-electron chi connectivity index (χ0n) is 8.12. The maximum absolute atomic E-state index is 5.86. The van der Waals surface area contributed by atoms with E-state index in [0.29, 0.717) is 16.5 Å². The second-order valence-electron chi connectivity index (χ2n) is 3.04. The SMILES string of the molecule is COc1cc(Cl)ccc1-c1[nH]ncc1N. The number of hydrogen-bond donors (Lipinski definition) is 2. The number of anilines is 1. The fraction of sp³-hybridized carbons (Fsp3) is 0.100. The van der Waals surface area contributed by atoms with Gasteiger partial charge in [0.05, 0.1) is 24.7 Å². The summed E-state index contributed by atoms with van der Waals surface area (Å²) in [5.74, 6) is 0.665. The van der Waals surface area contributed by atoms with Gasteiger partial charge in [0, 0.05) is 10.6 Å². The Morgan fingerprint density at radius 3 is 2.87 bits per heavy atom. The second kappa shape index (κ2) is 3.82. The van der Waals surface area contributed by atoms with Crippen LogP contribution in [0.25, 0.3) is 11.3 Å². The van der Waals surface area contributed by atoms with Crippen molar-refractivity contribution >= 4 is 17.3 Å².